The minimum atomic E-state index is -0.395. The van der Waals surface area contributed by atoms with Crippen molar-refractivity contribution in [2.24, 2.45) is 0 Å². The van der Waals surface area contributed by atoms with E-state index in [2.05, 4.69) is 23.2 Å². The molecule has 0 fully saturated rings. The molecule has 2 aromatic rings. The molecular formula is C15H17N3O2. The van der Waals surface area contributed by atoms with Crippen LogP contribution in [0.3, 0.4) is 0 Å². The van der Waals surface area contributed by atoms with Gasteiger partial charge in [-0.05, 0) is 24.5 Å². The van der Waals surface area contributed by atoms with Gasteiger partial charge in [0.05, 0.1) is 12.3 Å². The number of hydrogen-bond acceptors (Lipinski definition) is 4. The number of ether oxygens (including phenoxy) is 1. The maximum Gasteiger partial charge on any atom is 0.376 e. The number of esters is 1. The third-order valence-electron chi connectivity index (χ3n) is 3.49. The van der Waals surface area contributed by atoms with Crippen LogP contribution in [0.4, 0.5) is 0 Å². The second-order valence-electron chi connectivity index (χ2n) is 4.89. The van der Waals surface area contributed by atoms with Crippen molar-refractivity contribution < 1.29 is 9.53 Å². The Hall–Kier alpha value is -2.17. The fourth-order valence-corrected chi connectivity index (χ4v) is 2.42. The minimum absolute atomic E-state index is 0.281. The first kappa shape index (κ1) is 12.8. The van der Waals surface area contributed by atoms with Crippen LogP contribution in [0.5, 0.6) is 0 Å². The molecule has 1 aliphatic rings. The Labute approximate surface area is 117 Å². The monoisotopic (exact) mass is 271 g/mol. The third kappa shape index (κ3) is 2.19. The SMILES string of the molecule is CCCCOC(=O)c1nnc2n1-c1ccccc1CC2. The van der Waals surface area contributed by atoms with Crippen molar-refractivity contribution in [3.63, 3.8) is 0 Å². The van der Waals surface area contributed by atoms with Gasteiger partial charge in [0.2, 0.25) is 5.82 Å². The van der Waals surface area contributed by atoms with Gasteiger partial charge in [-0.15, -0.1) is 10.2 Å². The van der Waals surface area contributed by atoms with Gasteiger partial charge < -0.3 is 4.74 Å². The molecule has 104 valence electrons. The average molecular weight is 271 g/mol. The first-order chi connectivity index (χ1) is 9.81. The number of unbranched alkanes of at least 4 members (excludes halogenated alkanes) is 1. The Morgan fingerprint density at radius 1 is 1.30 bits per heavy atom. The Morgan fingerprint density at radius 2 is 2.15 bits per heavy atom. The first-order valence-electron chi connectivity index (χ1n) is 7.01. The number of fused-ring (bicyclic) bond motifs is 3. The van der Waals surface area contributed by atoms with Gasteiger partial charge in [-0.25, -0.2) is 4.79 Å². The molecule has 2 heterocycles. The fraction of sp³-hybridized carbons (Fsp3) is 0.400. The van der Waals surface area contributed by atoms with Crippen molar-refractivity contribution in [3.8, 4) is 5.69 Å². The second-order valence-corrected chi connectivity index (χ2v) is 4.89. The quantitative estimate of drug-likeness (QED) is 0.632. The average Bonchev–Trinajstić information content (AvgIpc) is 2.92. The smallest absolute Gasteiger partial charge is 0.376 e. The van der Waals surface area contributed by atoms with Crippen LogP contribution >= 0.6 is 0 Å². The number of carbonyl (C=O) groups is 1. The van der Waals surface area contributed by atoms with Gasteiger partial charge in [0.15, 0.2) is 0 Å². The molecule has 0 unspecified atom stereocenters. The summed E-state index contributed by atoms with van der Waals surface area (Å²) < 4.78 is 7.07. The topological polar surface area (TPSA) is 57.0 Å². The zero-order valence-corrected chi connectivity index (χ0v) is 11.5. The van der Waals surface area contributed by atoms with E-state index in [4.69, 9.17) is 4.74 Å². The Balaban J connectivity index is 1.93. The van der Waals surface area contributed by atoms with Gasteiger partial charge in [0, 0.05) is 6.42 Å². The van der Waals surface area contributed by atoms with Gasteiger partial charge in [0.25, 0.3) is 0 Å². The molecule has 1 aromatic carbocycles. The van der Waals surface area contributed by atoms with Gasteiger partial charge in [-0.1, -0.05) is 31.5 Å². The lowest BCUT2D eigenvalue weighted by Crippen LogP contribution is -2.18. The number of rotatable bonds is 4. The highest BCUT2D eigenvalue weighted by atomic mass is 16.5. The number of benzene rings is 1. The molecule has 1 aliphatic heterocycles. The van der Waals surface area contributed by atoms with Gasteiger partial charge in [0.1, 0.15) is 5.82 Å². The molecule has 3 rings (SSSR count). The number of para-hydroxylation sites is 1. The molecule has 0 spiro atoms. The van der Waals surface area contributed by atoms with Crippen LogP contribution in [-0.2, 0) is 17.6 Å². The highest BCUT2D eigenvalue weighted by molar-refractivity contribution is 5.86. The Kier molecular flexibility index (Phi) is 3.50. The van der Waals surface area contributed by atoms with E-state index in [0.29, 0.717) is 6.61 Å². The molecule has 0 bridgehead atoms. The van der Waals surface area contributed by atoms with E-state index in [1.54, 1.807) is 0 Å². The normalized spacial score (nSPS) is 12.7. The summed E-state index contributed by atoms with van der Waals surface area (Å²) in [4.78, 5) is 12.1. The van der Waals surface area contributed by atoms with E-state index >= 15 is 0 Å². The number of aryl methyl sites for hydroxylation is 2. The zero-order chi connectivity index (χ0) is 13.9. The lowest BCUT2D eigenvalue weighted by molar-refractivity contribution is 0.0482. The summed E-state index contributed by atoms with van der Waals surface area (Å²) in [5.74, 6) is 0.711. The molecule has 0 saturated heterocycles. The summed E-state index contributed by atoms with van der Waals surface area (Å²) >= 11 is 0. The number of nitrogens with zero attached hydrogens (tertiary/aromatic N) is 3. The van der Waals surface area contributed by atoms with Crippen molar-refractivity contribution in [1.29, 1.82) is 0 Å². The van der Waals surface area contributed by atoms with Crippen molar-refractivity contribution in [3.05, 3.63) is 41.5 Å². The molecule has 0 atom stereocenters. The Bertz CT molecular complexity index is 634. The summed E-state index contributed by atoms with van der Waals surface area (Å²) in [5, 5.41) is 8.13. The maximum atomic E-state index is 12.1. The summed E-state index contributed by atoms with van der Waals surface area (Å²) in [5.41, 5.74) is 2.20. The molecular weight excluding hydrogens is 254 g/mol. The van der Waals surface area contributed by atoms with Crippen molar-refractivity contribution in [2.75, 3.05) is 6.61 Å². The summed E-state index contributed by atoms with van der Waals surface area (Å²) in [6.45, 7) is 2.49. The van der Waals surface area contributed by atoms with E-state index in [-0.39, 0.29) is 5.82 Å². The number of carbonyl (C=O) groups excluding carboxylic acids is 1. The largest absolute Gasteiger partial charge is 0.460 e. The molecule has 0 N–H and O–H groups in total. The van der Waals surface area contributed by atoms with Crippen molar-refractivity contribution in [2.45, 2.75) is 32.6 Å². The Morgan fingerprint density at radius 3 is 3.00 bits per heavy atom. The summed E-state index contributed by atoms with van der Waals surface area (Å²) in [6, 6.07) is 8.03. The predicted molar refractivity (Wildman–Crippen MR) is 74.0 cm³/mol. The van der Waals surface area contributed by atoms with E-state index in [1.165, 1.54) is 5.56 Å². The van der Waals surface area contributed by atoms with Crippen molar-refractivity contribution >= 4 is 5.97 Å². The van der Waals surface area contributed by atoms with E-state index in [0.717, 1.165) is 37.2 Å². The van der Waals surface area contributed by atoms with Crippen molar-refractivity contribution in [1.82, 2.24) is 14.8 Å². The zero-order valence-electron chi connectivity index (χ0n) is 11.5. The molecule has 20 heavy (non-hydrogen) atoms. The van der Waals surface area contributed by atoms with Gasteiger partial charge in [-0.2, -0.15) is 0 Å². The predicted octanol–water partition coefficient (Wildman–Crippen LogP) is 2.32. The molecule has 0 saturated carbocycles. The summed E-state index contributed by atoms with van der Waals surface area (Å²) in [7, 11) is 0. The van der Waals surface area contributed by atoms with E-state index < -0.39 is 5.97 Å². The van der Waals surface area contributed by atoms with Crippen LogP contribution < -0.4 is 0 Å². The standard InChI is InChI=1S/C15H17N3O2/c1-2-3-10-20-15(19)14-17-16-13-9-8-11-6-4-5-7-12(11)18(13)14/h4-7H,2-3,8-10H2,1H3. The van der Waals surface area contributed by atoms with Crippen LogP contribution in [0.15, 0.2) is 24.3 Å². The molecule has 0 radical (unpaired) electrons. The van der Waals surface area contributed by atoms with E-state index in [1.807, 2.05) is 22.8 Å². The van der Waals surface area contributed by atoms with Crippen LogP contribution in [0.1, 0.15) is 41.8 Å². The van der Waals surface area contributed by atoms with Gasteiger partial charge in [-0.3, -0.25) is 4.57 Å². The summed E-state index contributed by atoms with van der Waals surface area (Å²) in [6.07, 6.45) is 3.59. The van der Waals surface area contributed by atoms with Crippen LogP contribution in [0.25, 0.3) is 5.69 Å². The van der Waals surface area contributed by atoms with Crippen LogP contribution in [0.2, 0.25) is 0 Å². The number of hydrogen-bond donors (Lipinski definition) is 0. The van der Waals surface area contributed by atoms with Crippen LogP contribution in [-0.4, -0.2) is 27.3 Å². The van der Waals surface area contributed by atoms with Crippen LogP contribution in [0, 0.1) is 0 Å². The highest BCUT2D eigenvalue weighted by Crippen LogP contribution is 2.25. The van der Waals surface area contributed by atoms with E-state index in [9.17, 15) is 4.79 Å². The molecule has 5 heteroatoms. The molecule has 1 aromatic heterocycles. The van der Waals surface area contributed by atoms with Gasteiger partial charge >= 0.3 is 5.97 Å². The fourth-order valence-electron chi connectivity index (χ4n) is 2.42. The second kappa shape index (κ2) is 5.45. The molecule has 0 aliphatic carbocycles. The third-order valence-corrected chi connectivity index (χ3v) is 3.49. The minimum Gasteiger partial charge on any atom is -0.460 e. The lowest BCUT2D eigenvalue weighted by atomic mass is 10.0. The highest BCUT2D eigenvalue weighted by Gasteiger charge is 2.25. The number of aromatic nitrogens is 3. The molecule has 5 nitrogen and oxygen atoms in total. The maximum absolute atomic E-state index is 12.1. The lowest BCUT2D eigenvalue weighted by Gasteiger charge is -2.18. The molecule has 0 amide bonds. The first-order valence-corrected chi connectivity index (χ1v) is 7.01.